The Kier molecular flexibility index (Phi) is 5.77. The molecule has 0 unspecified atom stereocenters. The largest absolute Gasteiger partial charge is 0.379 e. The Morgan fingerprint density at radius 2 is 1.82 bits per heavy atom. The molecule has 4 aliphatic rings. The van der Waals surface area contributed by atoms with Crippen LogP contribution in [-0.4, -0.2) is 63.9 Å². The molecule has 4 rings (SSSR count). The molecule has 0 radical (unpaired) electrons. The van der Waals surface area contributed by atoms with Gasteiger partial charge in [-0.05, 0) is 49.0 Å². The molecule has 128 valence electrons. The van der Waals surface area contributed by atoms with Gasteiger partial charge in [0.05, 0.1) is 13.2 Å². The van der Waals surface area contributed by atoms with Crippen molar-refractivity contribution in [2.45, 2.75) is 33.1 Å². The van der Waals surface area contributed by atoms with Crippen LogP contribution in [0.3, 0.4) is 0 Å². The number of nitrogens with one attached hydrogen (secondary N) is 2. The highest BCUT2D eigenvalue weighted by molar-refractivity contribution is 5.03. The molecular weight excluding hydrogens is 274 g/mol. The molecule has 0 aromatic rings. The van der Waals surface area contributed by atoms with Gasteiger partial charge in [0.2, 0.25) is 0 Å². The average molecular weight is 309 g/mol. The van der Waals surface area contributed by atoms with E-state index < -0.39 is 0 Å². The summed E-state index contributed by atoms with van der Waals surface area (Å²) < 4.78 is 5.37. The van der Waals surface area contributed by atoms with Gasteiger partial charge in [-0.15, -0.1) is 0 Å². The normalized spacial score (nSPS) is 34.4. The molecular formula is C18H35N3O. The molecule has 0 aromatic heterocycles. The smallest absolute Gasteiger partial charge is 0.0594 e. The lowest BCUT2D eigenvalue weighted by molar-refractivity contribution is -0.103. The van der Waals surface area contributed by atoms with Crippen molar-refractivity contribution in [3.05, 3.63) is 0 Å². The SMILES string of the molecule is CC1(C)[C@H]2CC[C@@H](CNCCNCCN3CCOCC3)[C@@H]1C2. The fourth-order valence-corrected chi connectivity index (χ4v) is 4.86. The first-order chi connectivity index (χ1) is 10.7. The van der Waals surface area contributed by atoms with Gasteiger partial charge < -0.3 is 15.4 Å². The summed E-state index contributed by atoms with van der Waals surface area (Å²) >= 11 is 0. The maximum absolute atomic E-state index is 5.37. The van der Waals surface area contributed by atoms with Crippen LogP contribution >= 0.6 is 0 Å². The van der Waals surface area contributed by atoms with Crippen molar-refractivity contribution in [1.29, 1.82) is 0 Å². The molecule has 1 saturated heterocycles. The summed E-state index contributed by atoms with van der Waals surface area (Å²) in [5.41, 5.74) is 0.626. The lowest BCUT2D eigenvalue weighted by atomic mass is 9.45. The Hall–Kier alpha value is -0.160. The molecule has 2 N–H and O–H groups in total. The van der Waals surface area contributed by atoms with E-state index in [9.17, 15) is 0 Å². The minimum absolute atomic E-state index is 0.626. The van der Waals surface area contributed by atoms with Gasteiger partial charge >= 0.3 is 0 Å². The number of rotatable bonds is 8. The van der Waals surface area contributed by atoms with Gasteiger partial charge in [-0.3, -0.25) is 4.90 Å². The van der Waals surface area contributed by atoms with Crippen molar-refractivity contribution in [1.82, 2.24) is 15.5 Å². The summed E-state index contributed by atoms with van der Waals surface area (Å²) in [5.74, 6) is 2.93. The fourth-order valence-electron chi connectivity index (χ4n) is 4.86. The van der Waals surface area contributed by atoms with Crippen LogP contribution < -0.4 is 10.6 Å². The van der Waals surface area contributed by atoms with Gasteiger partial charge in [-0.25, -0.2) is 0 Å². The molecule has 22 heavy (non-hydrogen) atoms. The highest BCUT2D eigenvalue weighted by Gasteiger charge is 2.53. The standard InChI is InChI=1S/C18H35N3O/c1-18(2)16-4-3-15(17(18)13-16)14-20-6-5-19-7-8-21-9-11-22-12-10-21/h15-17,19-20H,3-14H2,1-2H3/t15-,16-,17-/m0/s1. The first kappa shape index (κ1) is 16.7. The third-order valence-electron chi connectivity index (χ3n) is 6.59. The van der Waals surface area contributed by atoms with Crippen molar-refractivity contribution >= 4 is 0 Å². The molecule has 4 fully saturated rings. The van der Waals surface area contributed by atoms with Crippen LogP contribution in [0.2, 0.25) is 0 Å². The Labute approximate surface area is 136 Å². The Bertz CT molecular complexity index is 339. The fraction of sp³-hybridized carbons (Fsp3) is 1.00. The number of fused-ring (bicyclic) bond motifs is 2. The molecule has 2 bridgehead atoms. The van der Waals surface area contributed by atoms with E-state index in [-0.39, 0.29) is 0 Å². The van der Waals surface area contributed by atoms with E-state index in [1.165, 1.54) is 25.8 Å². The van der Waals surface area contributed by atoms with Crippen LogP contribution in [0.25, 0.3) is 0 Å². The molecule has 3 aliphatic carbocycles. The van der Waals surface area contributed by atoms with Crippen LogP contribution in [-0.2, 0) is 4.74 Å². The van der Waals surface area contributed by atoms with Gasteiger partial charge in [-0.1, -0.05) is 13.8 Å². The second-order valence-corrected chi connectivity index (χ2v) is 8.11. The van der Waals surface area contributed by atoms with E-state index in [4.69, 9.17) is 4.74 Å². The van der Waals surface area contributed by atoms with Crippen molar-refractivity contribution < 1.29 is 4.74 Å². The summed E-state index contributed by atoms with van der Waals surface area (Å²) in [6, 6.07) is 0. The zero-order valence-corrected chi connectivity index (χ0v) is 14.6. The average Bonchev–Trinajstić information content (AvgIpc) is 2.55. The highest BCUT2D eigenvalue weighted by Crippen LogP contribution is 2.61. The molecule has 3 atom stereocenters. The van der Waals surface area contributed by atoms with E-state index in [1.807, 2.05) is 0 Å². The van der Waals surface area contributed by atoms with Crippen molar-refractivity contribution in [2.24, 2.45) is 23.2 Å². The second kappa shape index (κ2) is 7.61. The van der Waals surface area contributed by atoms with Crippen LogP contribution in [0, 0.1) is 23.2 Å². The third-order valence-corrected chi connectivity index (χ3v) is 6.59. The Morgan fingerprint density at radius 3 is 2.55 bits per heavy atom. The minimum atomic E-state index is 0.626. The molecule has 1 heterocycles. The summed E-state index contributed by atoms with van der Waals surface area (Å²) in [4.78, 5) is 2.49. The van der Waals surface area contributed by atoms with Crippen molar-refractivity contribution in [3.63, 3.8) is 0 Å². The van der Waals surface area contributed by atoms with Gasteiger partial charge in [-0.2, -0.15) is 0 Å². The summed E-state index contributed by atoms with van der Waals surface area (Å²) in [5, 5.41) is 7.25. The predicted octanol–water partition coefficient (Wildman–Crippen LogP) is 1.57. The zero-order chi connectivity index (χ0) is 15.4. The quantitative estimate of drug-likeness (QED) is 0.667. The summed E-state index contributed by atoms with van der Waals surface area (Å²) in [6.45, 7) is 14.7. The highest BCUT2D eigenvalue weighted by atomic mass is 16.5. The van der Waals surface area contributed by atoms with Crippen LogP contribution in [0.15, 0.2) is 0 Å². The second-order valence-electron chi connectivity index (χ2n) is 8.11. The Balaban J connectivity index is 1.20. The van der Waals surface area contributed by atoms with Crippen LogP contribution in [0.4, 0.5) is 0 Å². The lowest BCUT2D eigenvalue weighted by Gasteiger charge is -2.60. The Morgan fingerprint density at radius 1 is 1.05 bits per heavy atom. The van der Waals surface area contributed by atoms with Gasteiger partial charge in [0, 0.05) is 39.3 Å². The summed E-state index contributed by atoms with van der Waals surface area (Å²) in [6.07, 6.45) is 4.42. The van der Waals surface area contributed by atoms with Gasteiger partial charge in [0.1, 0.15) is 0 Å². The molecule has 0 amide bonds. The zero-order valence-electron chi connectivity index (χ0n) is 14.6. The van der Waals surface area contributed by atoms with E-state index >= 15 is 0 Å². The van der Waals surface area contributed by atoms with Crippen molar-refractivity contribution in [2.75, 3.05) is 59.0 Å². The number of morpholine rings is 1. The van der Waals surface area contributed by atoms with Crippen LogP contribution in [0.1, 0.15) is 33.1 Å². The number of ether oxygens (including phenoxy) is 1. The molecule has 4 nitrogen and oxygen atoms in total. The molecule has 0 aromatic carbocycles. The summed E-state index contributed by atoms with van der Waals surface area (Å²) in [7, 11) is 0. The van der Waals surface area contributed by atoms with E-state index in [2.05, 4.69) is 29.4 Å². The lowest BCUT2D eigenvalue weighted by Crippen LogP contribution is -2.54. The molecule has 3 saturated carbocycles. The van der Waals surface area contributed by atoms with E-state index in [0.717, 1.165) is 70.2 Å². The van der Waals surface area contributed by atoms with E-state index in [0.29, 0.717) is 5.41 Å². The predicted molar refractivity (Wildman–Crippen MR) is 91.1 cm³/mol. The van der Waals surface area contributed by atoms with Crippen LogP contribution in [0.5, 0.6) is 0 Å². The number of nitrogens with zero attached hydrogens (tertiary/aromatic N) is 1. The van der Waals surface area contributed by atoms with Gasteiger partial charge in [0.15, 0.2) is 0 Å². The minimum Gasteiger partial charge on any atom is -0.379 e. The van der Waals surface area contributed by atoms with Gasteiger partial charge in [0.25, 0.3) is 0 Å². The number of hydrogen-bond donors (Lipinski definition) is 2. The first-order valence-corrected chi connectivity index (χ1v) is 9.39. The topological polar surface area (TPSA) is 36.5 Å². The monoisotopic (exact) mass is 309 g/mol. The molecule has 0 spiro atoms. The maximum atomic E-state index is 5.37. The maximum Gasteiger partial charge on any atom is 0.0594 e. The first-order valence-electron chi connectivity index (χ1n) is 9.39. The number of hydrogen-bond acceptors (Lipinski definition) is 4. The molecule has 4 heteroatoms. The third kappa shape index (κ3) is 3.84. The molecule has 1 aliphatic heterocycles. The van der Waals surface area contributed by atoms with E-state index in [1.54, 1.807) is 0 Å². The van der Waals surface area contributed by atoms with Crippen molar-refractivity contribution in [3.8, 4) is 0 Å².